The van der Waals surface area contributed by atoms with Crippen molar-refractivity contribution < 1.29 is 13.2 Å². The number of hydrogen-bond donors (Lipinski definition) is 2. The summed E-state index contributed by atoms with van der Waals surface area (Å²) in [6, 6.07) is 9.85. The van der Waals surface area contributed by atoms with Gasteiger partial charge in [-0.1, -0.05) is 12.1 Å². The maximum atomic E-state index is 12.6. The number of benzene rings is 2. The Labute approximate surface area is 149 Å². The molecule has 1 amide bonds. The fourth-order valence-electron chi connectivity index (χ4n) is 2.73. The highest BCUT2D eigenvalue weighted by Crippen LogP contribution is 2.24. The van der Waals surface area contributed by atoms with Gasteiger partial charge >= 0.3 is 0 Å². The van der Waals surface area contributed by atoms with E-state index < -0.39 is 10.0 Å². The molecule has 1 unspecified atom stereocenters. The van der Waals surface area contributed by atoms with Crippen molar-refractivity contribution >= 4 is 21.6 Å². The molecule has 6 heteroatoms. The lowest BCUT2D eigenvalue weighted by atomic mass is 9.97. The average molecular weight is 360 g/mol. The summed E-state index contributed by atoms with van der Waals surface area (Å²) in [6.07, 6.45) is 0. The molecular weight excluding hydrogens is 336 g/mol. The van der Waals surface area contributed by atoms with Crippen LogP contribution in [0, 0.1) is 20.8 Å². The highest BCUT2D eigenvalue weighted by atomic mass is 32.2. The molecule has 0 aromatic heterocycles. The van der Waals surface area contributed by atoms with Crippen LogP contribution in [0.3, 0.4) is 0 Å². The highest BCUT2D eigenvalue weighted by molar-refractivity contribution is 7.89. The van der Waals surface area contributed by atoms with Gasteiger partial charge < -0.3 is 5.32 Å². The van der Waals surface area contributed by atoms with Crippen LogP contribution in [0.1, 0.15) is 42.1 Å². The van der Waals surface area contributed by atoms with Crippen LogP contribution in [-0.4, -0.2) is 14.3 Å². The molecule has 2 N–H and O–H groups in total. The van der Waals surface area contributed by atoms with E-state index in [1.54, 1.807) is 12.1 Å². The van der Waals surface area contributed by atoms with E-state index in [0.29, 0.717) is 5.69 Å². The van der Waals surface area contributed by atoms with Crippen LogP contribution in [-0.2, 0) is 14.8 Å². The first kappa shape index (κ1) is 19.1. The van der Waals surface area contributed by atoms with Crippen LogP contribution in [0.15, 0.2) is 41.3 Å². The fourth-order valence-corrected chi connectivity index (χ4v) is 3.96. The molecule has 0 spiro atoms. The fraction of sp³-hybridized carbons (Fsp3) is 0.316. The quantitative estimate of drug-likeness (QED) is 0.855. The maximum absolute atomic E-state index is 12.6. The molecule has 0 aliphatic carbocycles. The molecular formula is C19H24N2O3S. The minimum absolute atomic E-state index is 0.162. The smallest absolute Gasteiger partial charge is 0.241 e. The number of carbonyl (C=O) groups is 1. The maximum Gasteiger partial charge on any atom is 0.241 e. The van der Waals surface area contributed by atoms with E-state index in [2.05, 4.69) is 16.1 Å². The Kier molecular flexibility index (Phi) is 5.65. The van der Waals surface area contributed by atoms with Crippen molar-refractivity contribution in [1.82, 2.24) is 4.72 Å². The molecule has 0 fully saturated rings. The van der Waals surface area contributed by atoms with Gasteiger partial charge in [0.15, 0.2) is 0 Å². The summed E-state index contributed by atoms with van der Waals surface area (Å²) in [7, 11) is -3.66. The number of rotatable bonds is 5. The summed E-state index contributed by atoms with van der Waals surface area (Å²) in [5.41, 5.74) is 4.89. The van der Waals surface area contributed by atoms with Gasteiger partial charge in [0.25, 0.3) is 0 Å². The molecule has 134 valence electrons. The van der Waals surface area contributed by atoms with Crippen LogP contribution in [0.25, 0.3) is 0 Å². The van der Waals surface area contributed by atoms with E-state index in [0.717, 1.165) is 16.7 Å². The molecule has 0 aliphatic heterocycles. The van der Waals surface area contributed by atoms with E-state index in [-0.39, 0.29) is 16.8 Å². The van der Waals surface area contributed by atoms with Crippen LogP contribution in [0.5, 0.6) is 0 Å². The summed E-state index contributed by atoms with van der Waals surface area (Å²) in [6.45, 7) is 9.27. The van der Waals surface area contributed by atoms with Crippen molar-refractivity contribution in [2.45, 2.75) is 45.6 Å². The first-order valence-electron chi connectivity index (χ1n) is 8.08. The average Bonchev–Trinajstić information content (AvgIpc) is 2.50. The number of sulfonamides is 1. The Balaban J connectivity index is 2.23. The second-order valence-electron chi connectivity index (χ2n) is 6.34. The summed E-state index contributed by atoms with van der Waals surface area (Å²) >= 11 is 0. The molecule has 2 rings (SSSR count). The van der Waals surface area contributed by atoms with Crippen molar-refractivity contribution in [3.8, 4) is 0 Å². The Bertz CT molecular complexity index is 888. The van der Waals surface area contributed by atoms with Gasteiger partial charge in [0.05, 0.1) is 4.90 Å². The largest absolute Gasteiger partial charge is 0.326 e. The number of carbonyl (C=O) groups excluding carboxylic acids is 1. The van der Waals surface area contributed by atoms with Gasteiger partial charge in [-0.25, -0.2) is 13.1 Å². The molecule has 25 heavy (non-hydrogen) atoms. The molecule has 0 radical (unpaired) electrons. The van der Waals surface area contributed by atoms with Gasteiger partial charge in [0.2, 0.25) is 15.9 Å². The number of amides is 1. The third-order valence-electron chi connectivity index (χ3n) is 4.17. The van der Waals surface area contributed by atoms with Crippen molar-refractivity contribution in [3.05, 3.63) is 58.7 Å². The first-order valence-corrected chi connectivity index (χ1v) is 9.56. The van der Waals surface area contributed by atoms with Gasteiger partial charge in [0, 0.05) is 18.7 Å². The molecule has 0 saturated heterocycles. The van der Waals surface area contributed by atoms with Crippen LogP contribution >= 0.6 is 0 Å². The Hall–Kier alpha value is -2.18. The van der Waals surface area contributed by atoms with E-state index in [1.807, 2.05) is 33.8 Å². The predicted molar refractivity (Wildman–Crippen MR) is 100 cm³/mol. The normalized spacial score (nSPS) is 12.7. The molecule has 0 heterocycles. The van der Waals surface area contributed by atoms with Gasteiger partial charge in [-0.05, 0) is 74.2 Å². The molecule has 2 aromatic rings. The Morgan fingerprint density at radius 3 is 2.08 bits per heavy atom. The summed E-state index contributed by atoms with van der Waals surface area (Å²) in [5, 5.41) is 2.61. The second kappa shape index (κ2) is 7.37. The van der Waals surface area contributed by atoms with Crippen LogP contribution in [0.2, 0.25) is 0 Å². The van der Waals surface area contributed by atoms with Crippen molar-refractivity contribution in [3.63, 3.8) is 0 Å². The minimum Gasteiger partial charge on any atom is -0.326 e. The van der Waals surface area contributed by atoms with E-state index in [9.17, 15) is 13.2 Å². The number of aryl methyl sites for hydroxylation is 3. The summed E-state index contributed by atoms with van der Waals surface area (Å²) in [4.78, 5) is 11.2. The SMILES string of the molecule is CC(=O)Nc1ccc(S(=O)(=O)NC(C)c2cc(C)c(C)cc2C)cc1. The van der Waals surface area contributed by atoms with E-state index in [1.165, 1.54) is 24.6 Å². The predicted octanol–water partition coefficient (Wildman–Crippen LogP) is 3.61. The van der Waals surface area contributed by atoms with Crippen LogP contribution in [0.4, 0.5) is 5.69 Å². The zero-order valence-electron chi connectivity index (χ0n) is 15.2. The Morgan fingerprint density at radius 1 is 0.960 bits per heavy atom. The van der Waals surface area contributed by atoms with Crippen molar-refractivity contribution in [1.29, 1.82) is 0 Å². The lowest BCUT2D eigenvalue weighted by molar-refractivity contribution is -0.114. The van der Waals surface area contributed by atoms with Gasteiger partial charge in [-0.2, -0.15) is 0 Å². The molecule has 0 saturated carbocycles. The van der Waals surface area contributed by atoms with Crippen molar-refractivity contribution in [2.24, 2.45) is 0 Å². The Morgan fingerprint density at radius 2 is 1.52 bits per heavy atom. The lowest BCUT2D eigenvalue weighted by Gasteiger charge is -2.18. The zero-order chi connectivity index (χ0) is 18.8. The molecule has 0 bridgehead atoms. The monoisotopic (exact) mass is 360 g/mol. The summed E-state index contributed by atoms with van der Waals surface area (Å²) < 4.78 is 27.9. The number of anilines is 1. The molecule has 0 aliphatic rings. The zero-order valence-corrected chi connectivity index (χ0v) is 16.0. The topological polar surface area (TPSA) is 75.3 Å². The molecule has 1 atom stereocenters. The third kappa shape index (κ3) is 4.67. The van der Waals surface area contributed by atoms with Crippen molar-refractivity contribution in [2.75, 3.05) is 5.32 Å². The second-order valence-corrected chi connectivity index (χ2v) is 8.06. The number of nitrogens with one attached hydrogen (secondary N) is 2. The minimum atomic E-state index is -3.66. The highest BCUT2D eigenvalue weighted by Gasteiger charge is 2.20. The lowest BCUT2D eigenvalue weighted by Crippen LogP contribution is -2.27. The third-order valence-corrected chi connectivity index (χ3v) is 5.72. The first-order chi connectivity index (χ1) is 11.6. The van der Waals surface area contributed by atoms with E-state index >= 15 is 0 Å². The molecule has 5 nitrogen and oxygen atoms in total. The van der Waals surface area contributed by atoms with E-state index in [4.69, 9.17) is 0 Å². The van der Waals surface area contributed by atoms with Gasteiger partial charge in [-0.15, -0.1) is 0 Å². The summed E-state index contributed by atoms with van der Waals surface area (Å²) in [5.74, 6) is -0.201. The van der Waals surface area contributed by atoms with Gasteiger partial charge in [0.1, 0.15) is 0 Å². The van der Waals surface area contributed by atoms with Gasteiger partial charge in [-0.3, -0.25) is 4.79 Å². The number of hydrogen-bond acceptors (Lipinski definition) is 3. The standard InChI is InChI=1S/C19H24N2O3S/c1-12-10-14(3)19(11-13(12)2)15(4)21-25(23,24)18-8-6-17(7-9-18)20-16(5)22/h6-11,15,21H,1-5H3,(H,20,22). The van der Waals surface area contributed by atoms with Crippen LogP contribution < -0.4 is 10.0 Å². The molecule has 2 aromatic carbocycles.